The highest BCUT2D eigenvalue weighted by molar-refractivity contribution is 7.07. The number of ether oxygens (including phenoxy) is 2. The number of carbonyl (C=O) groups excluding carboxylic acids is 1. The minimum Gasteiger partial charge on any atom is -0.493 e. The largest absolute Gasteiger partial charge is 0.493 e. The third kappa shape index (κ3) is 5.73. The van der Waals surface area contributed by atoms with Gasteiger partial charge in [0.1, 0.15) is 12.4 Å². The lowest BCUT2D eigenvalue weighted by Crippen LogP contribution is -2.32. The molecule has 3 rings (SSSR count). The van der Waals surface area contributed by atoms with Crippen LogP contribution in [-0.2, 0) is 17.8 Å². The third-order valence-corrected chi connectivity index (χ3v) is 5.41. The molecule has 0 saturated heterocycles. The lowest BCUT2D eigenvalue weighted by Gasteiger charge is -2.12. The van der Waals surface area contributed by atoms with Gasteiger partial charge in [-0.1, -0.05) is 11.2 Å². The average Bonchev–Trinajstić information content (AvgIpc) is 3.34. The molecule has 7 heteroatoms. The summed E-state index contributed by atoms with van der Waals surface area (Å²) in [5, 5.41) is 11.1. The molecule has 0 spiro atoms. The van der Waals surface area contributed by atoms with E-state index in [1.165, 1.54) is 11.6 Å². The number of hydrogen-bond acceptors (Lipinski definition) is 6. The molecule has 1 amide bonds. The molecule has 0 aliphatic rings. The van der Waals surface area contributed by atoms with Gasteiger partial charge in [-0.3, -0.25) is 4.79 Å². The van der Waals surface area contributed by atoms with Crippen molar-refractivity contribution in [2.75, 3.05) is 7.11 Å². The molecule has 0 aliphatic heterocycles. The Morgan fingerprint density at radius 3 is 2.80 bits per heavy atom. The van der Waals surface area contributed by atoms with Crippen molar-refractivity contribution >= 4 is 23.3 Å². The molecule has 0 aliphatic carbocycles. The number of thiophene rings is 1. The van der Waals surface area contributed by atoms with Crippen LogP contribution in [0.1, 0.15) is 35.1 Å². The molecule has 0 saturated carbocycles. The predicted octanol–water partition coefficient (Wildman–Crippen LogP) is 4.70. The number of nitrogens with one attached hydrogen (secondary N) is 1. The number of aryl methyl sites for hydroxylation is 2. The molecule has 30 heavy (non-hydrogen) atoms. The molecule has 0 fully saturated rings. The van der Waals surface area contributed by atoms with Crippen LogP contribution in [0.4, 0.5) is 0 Å². The summed E-state index contributed by atoms with van der Waals surface area (Å²) in [5.41, 5.74) is 3.81. The van der Waals surface area contributed by atoms with E-state index in [-0.39, 0.29) is 11.9 Å². The number of benzene rings is 1. The van der Waals surface area contributed by atoms with Gasteiger partial charge >= 0.3 is 0 Å². The van der Waals surface area contributed by atoms with E-state index in [9.17, 15) is 4.79 Å². The van der Waals surface area contributed by atoms with Gasteiger partial charge in [0.25, 0.3) is 0 Å². The first-order chi connectivity index (χ1) is 14.5. The van der Waals surface area contributed by atoms with E-state index in [1.54, 1.807) is 24.5 Å². The van der Waals surface area contributed by atoms with Crippen molar-refractivity contribution in [3.8, 4) is 11.5 Å². The third-order valence-electron chi connectivity index (χ3n) is 4.68. The second-order valence-corrected chi connectivity index (χ2v) is 7.86. The topological polar surface area (TPSA) is 73.6 Å². The van der Waals surface area contributed by atoms with Crippen LogP contribution in [0.2, 0.25) is 0 Å². The molecule has 158 valence electrons. The number of aromatic nitrogens is 1. The van der Waals surface area contributed by atoms with Crippen LogP contribution in [0, 0.1) is 13.8 Å². The summed E-state index contributed by atoms with van der Waals surface area (Å²) in [6, 6.07) is 7.68. The quantitative estimate of drug-likeness (QED) is 0.502. The number of methoxy groups -OCH3 is 1. The summed E-state index contributed by atoms with van der Waals surface area (Å²) in [5.74, 6) is 1.82. The van der Waals surface area contributed by atoms with Crippen LogP contribution in [0.25, 0.3) is 6.08 Å². The van der Waals surface area contributed by atoms with Crippen LogP contribution in [0.15, 0.2) is 45.6 Å². The Morgan fingerprint density at radius 2 is 2.13 bits per heavy atom. The zero-order chi connectivity index (χ0) is 21.5. The molecule has 0 radical (unpaired) electrons. The average molecular weight is 427 g/mol. The van der Waals surface area contributed by atoms with Crippen LogP contribution in [0.3, 0.4) is 0 Å². The maximum atomic E-state index is 12.2. The van der Waals surface area contributed by atoms with Gasteiger partial charge in [0, 0.05) is 12.1 Å². The van der Waals surface area contributed by atoms with Crippen LogP contribution in [0.5, 0.6) is 11.5 Å². The Kier molecular flexibility index (Phi) is 7.30. The van der Waals surface area contributed by atoms with Crippen molar-refractivity contribution in [3.05, 3.63) is 69.2 Å². The lowest BCUT2D eigenvalue weighted by atomic mass is 10.1. The zero-order valence-corrected chi connectivity index (χ0v) is 18.4. The van der Waals surface area contributed by atoms with Gasteiger partial charge in [0.15, 0.2) is 11.5 Å². The number of hydrogen-bond donors (Lipinski definition) is 1. The zero-order valence-electron chi connectivity index (χ0n) is 17.6. The SMILES string of the molecule is COc1cc(C=CC(=O)NC(C)Cc2ccsc2)ccc1OCc1c(C)noc1C. The molecule has 1 aromatic carbocycles. The maximum absolute atomic E-state index is 12.2. The van der Waals surface area contributed by atoms with E-state index in [4.69, 9.17) is 14.0 Å². The normalized spacial score (nSPS) is 12.1. The molecule has 2 aromatic heterocycles. The van der Waals surface area contributed by atoms with Gasteiger partial charge in [0.05, 0.1) is 18.4 Å². The van der Waals surface area contributed by atoms with E-state index < -0.39 is 0 Å². The molecule has 0 bridgehead atoms. The van der Waals surface area contributed by atoms with Gasteiger partial charge < -0.3 is 19.3 Å². The monoisotopic (exact) mass is 426 g/mol. The highest BCUT2D eigenvalue weighted by atomic mass is 32.1. The highest BCUT2D eigenvalue weighted by Crippen LogP contribution is 2.30. The lowest BCUT2D eigenvalue weighted by molar-refractivity contribution is -0.117. The second kappa shape index (κ2) is 10.1. The molecule has 1 N–H and O–H groups in total. The number of nitrogens with zero attached hydrogens (tertiary/aromatic N) is 1. The first-order valence-electron chi connectivity index (χ1n) is 9.68. The molecular weight excluding hydrogens is 400 g/mol. The Labute approximate surface area is 180 Å². The molecular formula is C23H26N2O4S. The standard InChI is InChI=1S/C23H26N2O4S/c1-15(11-19-9-10-30-14-19)24-23(26)8-6-18-5-7-21(22(12-18)27-4)28-13-20-16(2)25-29-17(20)3/h5-10,12,14-15H,11,13H2,1-4H3,(H,24,26). The number of amides is 1. The van der Waals surface area contributed by atoms with Crippen LogP contribution < -0.4 is 14.8 Å². The van der Waals surface area contributed by atoms with Gasteiger partial charge in [-0.25, -0.2) is 0 Å². The van der Waals surface area contributed by atoms with Crippen molar-refractivity contribution in [3.63, 3.8) is 0 Å². The van der Waals surface area contributed by atoms with Crippen molar-refractivity contribution in [1.82, 2.24) is 10.5 Å². The summed E-state index contributed by atoms with van der Waals surface area (Å²) in [6.07, 6.45) is 4.10. The van der Waals surface area contributed by atoms with Crippen molar-refractivity contribution in [2.24, 2.45) is 0 Å². The van der Waals surface area contributed by atoms with E-state index in [0.717, 1.165) is 29.0 Å². The van der Waals surface area contributed by atoms with E-state index in [0.29, 0.717) is 18.1 Å². The fourth-order valence-electron chi connectivity index (χ4n) is 3.04. The molecule has 1 unspecified atom stereocenters. The fourth-order valence-corrected chi connectivity index (χ4v) is 3.72. The van der Waals surface area contributed by atoms with E-state index in [1.807, 2.05) is 44.4 Å². The van der Waals surface area contributed by atoms with Crippen LogP contribution >= 0.6 is 11.3 Å². The summed E-state index contributed by atoms with van der Waals surface area (Å²) in [6.45, 7) is 6.08. The van der Waals surface area contributed by atoms with Crippen molar-refractivity contribution in [1.29, 1.82) is 0 Å². The Bertz CT molecular complexity index is 989. The van der Waals surface area contributed by atoms with Gasteiger partial charge in [-0.15, -0.1) is 0 Å². The predicted molar refractivity (Wildman–Crippen MR) is 118 cm³/mol. The second-order valence-electron chi connectivity index (χ2n) is 7.08. The Hall–Kier alpha value is -3.06. The van der Waals surface area contributed by atoms with Gasteiger partial charge in [-0.05, 0) is 73.4 Å². The van der Waals surface area contributed by atoms with Crippen molar-refractivity contribution in [2.45, 2.75) is 39.8 Å². The molecule has 6 nitrogen and oxygen atoms in total. The minimum absolute atomic E-state index is 0.0615. The Balaban J connectivity index is 1.59. The first kappa shape index (κ1) is 21.6. The van der Waals surface area contributed by atoms with Crippen LogP contribution in [-0.4, -0.2) is 24.2 Å². The highest BCUT2D eigenvalue weighted by Gasteiger charge is 2.12. The van der Waals surface area contributed by atoms with Gasteiger partial charge in [-0.2, -0.15) is 11.3 Å². The summed E-state index contributed by atoms with van der Waals surface area (Å²) in [4.78, 5) is 12.2. The minimum atomic E-state index is -0.129. The van der Waals surface area contributed by atoms with Crippen molar-refractivity contribution < 1.29 is 18.8 Å². The van der Waals surface area contributed by atoms with Gasteiger partial charge in [0.2, 0.25) is 5.91 Å². The molecule has 3 aromatic rings. The van der Waals surface area contributed by atoms with E-state index >= 15 is 0 Å². The summed E-state index contributed by atoms with van der Waals surface area (Å²) < 4.78 is 16.5. The van der Waals surface area contributed by atoms with E-state index in [2.05, 4.69) is 21.9 Å². The Morgan fingerprint density at radius 1 is 1.30 bits per heavy atom. The number of rotatable bonds is 9. The number of carbonyl (C=O) groups is 1. The molecule has 1 atom stereocenters. The fraction of sp³-hybridized carbons (Fsp3) is 0.304. The maximum Gasteiger partial charge on any atom is 0.244 e. The summed E-state index contributed by atoms with van der Waals surface area (Å²) in [7, 11) is 1.59. The smallest absolute Gasteiger partial charge is 0.244 e. The molecule has 2 heterocycles. The summed E-state index contributed by atoms with van der Waals surface area (Å²) >= 11 is 1.66. The first-order valence-corrected chi connectivity index (χ1v) is 10.6.